The molecule has 0 aromatic carbocycles. The van der Waals surface area contributed by atoms with Gasteiger partial charge in [0.25, 0.3) is 11.1 Å². The molecule has 1 aliphatic heterocycles. The number of ether oxygens (including phenoxy) is 2. The minimum absolute atomic E-state index is 0.0233. The molecule has 0 unspecified atom stereocenters. The minimum Gasteiger partial charge on any atom is -0.470 e. The van der Waals surface area contributed by atoms with E-state index in [1.54, 1.807) is 0 Å². The van der Waals surface area contributed by atoms with Crippen LogP contribution in [0.2, 0.25) is 0 Å². The topological polar surface area (TPSA) is 60.5 Å². The second-order valence-electron chi connectivity index (χ2n) is 6.09. The highest BCUT2D eigenvalue weighted by Gasteiger charge is 2.34. The van der Waals surface area contributed by atoms with Crippen LogP contribution in [0, 0.1) is 11.8 Å². The third kappa shape index (κ3) is 2.98. The Morgan fingerprint density at radius 3 is 3.09 bits per heavy atom. The van der Waals surface area contributed by atoms with E-state index in [1.165, 1.54) is 22.7 Å². The average molecular weight is 338 g/mol. The number of aromatic nitrogens is 1. The Hall–Kier alpha value is -1.18. The minimum atomic E-state index is 0.0233. The molecule has 3 atom stereocenters. The van der Waals surface area contributed by atoms with Gasteiger partial charge in [-0.3, -0.25) is 4.79 Å². The van der Waals surface area contributed by atoms with Crippen LogP contribution in [0.25, 0.3) is 9.53 Å². The van der Waals surface area contributed by atoms with E-state index in [1.807, 2.05) is 6.07 Å². The van der Waals surface area contributed by atoms with E-state index >= 15 is 0 Å². The molecule has 1 N–H and O–H groups in total. The number of carbonyl (C=O) groups is 1. The van der Waals surface area contributed by atoms with Gasteiger partial charge in [0.05, 0.1) is 22.8 Å². The Morgan fingerprint density at radius 1 is 1.55 bits per heavy atom. The number of amides is 1. The molecule has 0 spiro atoms. The van der Waals surface area contributed by atoms with Crippen LogP contribution in [0.4, 0.5) is 0 Å². The van der Waals surface area contributed by atoms with Crippen LogP contribution in [0.3, 0.4) is 0 Å². The molecule has 2 fully saturated rings. The maximum Gasteiger partial charge on any atom is 0.275 e. The molecule has 22 heavy (non-hydrogen) atoms. The number of nitrogens with zero attached hydrogens (tertiary/aromatic N) is 1. The van der Waals surface area contributed by atoms with Gasteiger partial charge in [-0.25, -0.2) is 0 Å². The van der Waals surface area contributed by atoms with Gasteiger partial charge < -0.3 is 14.8 Å². The van der Waals surface area contributed by atoms with Crippen LogP contribution in [0.15, 0.2) is 6.07 Å². The van der Waals surface area contributed by atoms with Crippen LogP contribution in [0.1, 0.15) is 29.4 Å². The Morgan fingerprint density at radius 2 is 2.41 bits per heavy atom. The summed E-state index contributed by atoms with van der Waals surface area (Å²) in [6.45, 7) is 4.43. The van der Waals surface area contributed by atoms with Gasteiger partial charge in [0.2, 0.25) is 0 Å². The van der Waals surface area contributed by atoms with Gasteiger partial charge in [-0.2, -0.15) is 4.98 Å². The third-order valence-corrected chi connectivity index (χ3v) is 6.26. The fourth-order valence-electron chi connectivity index (χ4n) is 2.56. The Bertz CT molecular complexity index is 659. The number of hydrogen-bond donors (Lipinski definition) is 1. The van der Waals surface area contributed by atoms with Crippen LogP contribution in [-0.2, 0) is 4.74 Å². The Kier molecular flexibility index (Phi) is 3.79. The molecule has 2 aliphatic rings. The molecule has 1 saturated heterocycles. The summed E-state index contributed by atoms with van der Waals surface area (Å²) in [7, 11) is 0. The second-order valence-corrected chi connectivity index (χ2v) is 8.12. The van der Waals surface area contributed by atoms with Gasteiger partial charge >= 0.3 is 0 Å². The van der Waals surface area contributed by atoms with Gasteiger partial charge in [0, 0.05) is 18.6 Å². The van der Waals surface area contributed by atoms with Crippen molar-refractivity contribution in [3.05, 3.63) is 10.9 Å². The van der Waals surface area contributed by atoms with Gasteiger partial charge in [0.15, 0.2) is 0 Å². The first-order valence-electron chi connectivity index (χ1n) is 7.61. The van der Waals surface area contributed by atoms with Gasteiger partial charge in [-0.05, 0) is 24.8 Å². The average Bonchev–Trinajstić information content (AvgIpc) is 2.96. The molecule has 3 heterocycles. The number of carbonyl (C=O) groups excluding carboxylic acids is 1. The zero-order valence-electron chi connectivity index (χ0n) is 12.3. The molecule has 0 bridgehead atoms. The monoisotopic (exact) mass is 338 g/mol. The fraction of sp³-hybridized carbons (Fsp3) is 0.600. The van der Waals surface area contributed by atoms with E-state index in [4.69, 9.17) is 9.47 Å². The Balaban J connectivity index is 1.39. The van der Waals surface area contributed by atoms with E-state index in [9.17, 15) is 4.79 Å². The molecule has 2 aromatic rings. The lowest BCUT2D eigenvalue weighted by atomic mass is 10.1. The maximum atomic E-state index is 12.1. The van der Waals surface area contributed by atoms with Crippen molar-refractivity contribution >= 4 is 38.1 Å². The van der Waals surface area contributed by atoms with Gasteiger partial charge in [-0.15, -0.1) is 11.3 Å². The number of thiophene rings is 1. The van der Waals surface area contributed by atoms with Crippen molar-refractivity contribution < 1.29 is 14.3 Å². The zero-order valence-corrected chi connectivity index (χ0v) is 14.0. The molecule has 1 saturated carbocycles. The van der Waals surface area contributed by atoms with Crippen molar-refractivity contribution in [2.24, 2.45) is 11.8 Å². The molecule has 1 amide bonds. The first kappa shape index (κ1) is 14.4. The summed E-state index contributed by atoms with van der Waals surface area (Å²) in [5.74, 6) is 1.11. The highest BCUT2D eigenvalue weighted by molar-refractivity contribution is 7.28. The molecule has 0 radical (unpaired) electrons. The first-order chi connectivity index (χ1) is 10.7. The van der Waals surface area contributed by atoms with E-state index < -0.39 is 0 Å². The van der Waals surface area contributed by atoms with Gasteiger partial charge in [-0.1, -0.05) is 18.3 Å². The molecular weight excluding hydrogens is 320 g/mol. The lowest BCUT2D eigenvalue weighted by Gasteiger charge is -2.06. The lowest BCUT2D eigenvalue weighted by Crippen LogP contribution is -2.25. The number of nitrogens with one attached hydrogen (secondary N) is 1. The van der Waals surface area contributed by atoms with Crippen molar-refractivity contribution in [1.29, 1.82) is 0 Å². The molecular formula is C15H18N2O3S2. The number of rotatable bonds is 5. The summed E-state index contributed by atoms with van der Waals surface area (Å²) in [6.07, 6.45) is 2.15. The molecule has 118 valence electrons. The van der Waals surface area contributed by atoms with Crippen molar-refractivity contribution in [3.8, 4) is 5.19 Å². The molecule has 1 aliphatic carbocycles. The number of hydrogen-bond acceptors (Lipinski definition) is 6. The second kappa shape index (κ2) is 5.79. The highest BCUT2D eigenvalue weighted by atomic mass is 32.1. The third-order valence-electron chi connectivity index (χ3n) is 4.19. The normalized spacial score (nSPS) is 27.2. The standard InChI is InChI=1S/C15H18N2O3S2/c1-8-4-10(8)16-13(18)11-5-12-14(21-11)17-15(22-12)20-7-9-2-3-19-6-9/h5,8-10H,2-4,6-7H2,1H3,(H,16,18)/t8-,9+,10-/m0/s1. The summed E-state index contributed by atoms with van der Waals surface area (Å²) in [5, 5.41) is 3.74. The summed E-state index contributed by atoms with van der Waals surface area (Å²) in [5.41, 5.74) is 0. The van der Waals surface area contributed by atoms with Crippen molar-refractivity contribution in [3.63, 3.8) is 0 Å². The molecule has 5 nitrogen and oxygen atoms in total. The predicted octanol–water partition coefficient (Wildman–Crippen LogP) is 2.91. The van der Waals surface area contributed by atoms with E-state index in [0.29, 0.717) is 29.7 Å². The summed E-state index contributed by atoms with van der Waals surface area (Å²) >= 11 is 2.95. The summed E-state index contributed by atoms with van der Waals surface area (Å²) in [4.78, 5) is 18.2. The number of thiazole rings is 1. The largest absolute Gasteiger partial charge is 0.470 e. The fourth-order valence-corrected chi connectivity index (χ4v) is 4.52. The molecule has 2 aromatic heterocycles. The number of fused-ring (bicyclic) bond motifs is 1. The maximum absolute atomic E-state index is 12.1. The highest BCUT2D eigenvalue weighted by Crippen LogP contribution is 2.35. The zero-order chi connectivity index (χ0) is 15.1. The van der Waals surface area contributed by atoms with E-state index in [0.717, 1.165) is 40.5 Å². The van der Waals surface area contributed by atoms with Crippen molar-refractivity contribution in [2.45, 2.75) is 25.8 Å². The summed E-state index contributed by atoms with van der Waals surface area (Å²) < 4.78 is 12.1. The molecule has 7 heteroatoms. The van der Waals surface area contributed by atoms with Crippen LogP contribution in [-0.4, -0.2) is 36.8 Å². The van der Waals surface area contributed by atoms with E-state index in [2.05, 4.69) is 17.2 Å². The quantitative estimate of drug-likeness (QED) is 0.911. The van der Waals surface area contributed by atoms with Crippen molar-refractivity contribution in [1.82, 2.24) is 10.3 Å². The molecule has 4 rings (SSSR count). The lowest BCUT2D eigenvalue weighted by molar-refractivity contribution is 0.0953. The van der Waals surface area contributed by atoms with Crippen molar-refractivity contribution in [2.75, 3.05) is 19.8 Å². The Labute approximate surface area is 136 Å². The van der Waals surface area contributed by atoms with Crippen LogP contribution in [0.5, 0.6) is 5.19 Å². The SMILES string of the molecule is C[C@H]1C[C@@H]1NC(=O)c1cc2sc(OC[C@@H]3CCOC3)nc2s1. The first-order valence-corrected chi connectivity index (χ1v) is 9.24. The summed E-state index contributed by atoms with van der Waals surface area (Å²) in [6, 6.07) is 2.28. The van der Waals surface area contributed by atoms with Gasteiger partial charge in [0.1, 0.15) is 4.83 Å². The smallest absolute Gasteiger partial charge is 0.275 e. The predicted molar refractivity (Wildman–Crippen MR) is 87.0 cm³/mol. The van der Waals surface area contributed by atoms with E-state index in [-0.39, 0.29) is 5.91 Å². The van der Waals surface area contributed by atoms with Crippen LogP contribution < -0.4 is 10.1 Å². The van der Waals surface area contributed by atoms with Crippen LogP contribution >= 0.6 is 22.7 Å².